The van der Waals surface area contributed by atoms with Crippen molar-refractivity contribution >= 4 is 11.4 Å². The lowest BCUT2D eigenvalue weighted by Gasteiger charge is -2.00. The molecule has 1 aromatic rings. The molecule has 0 saturated heterocycles. The fourth-order valence-corrected chi connectivity index (χ4v) is 0.999. The first-order valence-electron chi connectivity index (χ1n) is 3.33. The number of halogens is 1. The molecule has 0 radical (unpaired) electrons. The minimum Gasteiger partial charge on any atom is -0.425 e. The van der Waals surface area contributed by atoms with Gasteiger partial charge in [0.1, 0.15) is 0 Å². The molecule has 5 heteroatoms. The lowest BCUT2D eigenvalue weighted by atomic mass is 10.2. The summed E-state index contributed by atoms with van der Waals surface area (Å²) in [4.78, 5) is 0. The second-order valence-corrected chi connectivity index (χ2v) is 2.44. The molecule has 1 aliphatic rings. The molecular weight excluding hydrogens is 163 g/mol. The van der Waals surface area contributed by atoms with Crippen molar-refractivity contribution in [3.63, 3.8) is 0 Å². The van der Waals surface area contributed by atoms with Crippen LogP contribution in [-0.4, -0.2) is 6.54 Å². The molecule has 0 atom stereocenters. The van der Waals surface area contributed by atoms with Crippen LogP contribution in [0.25, 0.3) is 0 Å². The van der Waals surface area contributed by atoms with Gasteiger partial charge in [-0.05, 0) is 0 Å². The van der Waals surface area contributed by atoms with Crippen molar-refractivity contribution < 1.29 is 13.9 Å². The number of ether oxygens (including phenoxy) is 2. The number of alkyl halides is 1. The summed E-state index contributed by atoms with van der Waals surface area (Å²) in [5.74, 6) is 0.573. The van der Waals surface area contributed by atoms with Gasteiger partial charge in [-0.3, -0.25) is 0 Å². The van der Waals surface area contributed by atoms with E-state index in [1.807, 2.05) is 0 Å². The second kappa shape index (κ2) is 2.17. The number of fused-ring (bicyclic) bond motifs is 1. The Labute approximate surface area is 67.9 Å². The zero-order valence-electron chi connectivity index (χ0n) is 6.08. The molecule has 2 rings (SSSR count). The van der Waals surface area contributed by atoms with Crippen LogP contribution in [0.5, 0.6) is 11.5 Å². The van der Waals surface area contributed by atoms with Crippen LogP contribution in [0, 0.1) is 0 Å². The quantitative estimate of drug-likeness (QED) is 0.567. The zero-order valence-corrected chi connectivity index (χ0v) is 6.08. The maximum Gasteiger partial charge on any atom is 0.397 e. The van der Waals surface area contributed by atoms with E-state index in [0.29, 0.717) is 11.4 Å². The predicted molar refractivity (Wildman–Crippen MR) is 41.4 cm³/mol. The molecule has 1 heterocycles. The Kier molecular flexibility index (Phi) is 1.27. The minimum atomic E-state index is -1.75. The summed E-state index contributed by atoms with van der Waals surface area (Å²) in [6.45, 7) is -1.75. The van der Waals surface area contributed by atoms with Gasteiger partial charge < -0.3 is 20.9 Å². The largest absolute Gasteiger partial charge is 0.425 e. The number of hydrogen-bond donors (Lipinski definition) is 2. The van der Waals surface area contributed by atoms with Crippen molar-refractivity contribution in [1.82, 2.24) is 0 Å². The van der Waals surface area contributed by atoms with Gasteiger partial charge in [-0.15, -0.1) is 0 Å². The second-order valence-electron chi connectivity index (χ2n) is 2.44. The van der Waals surface area contributed by atoms with Crippen LogP contribution in [0.2, 0.25) is 0 Å². The Morgan fingerprint density at radius 1 is 1.08 bits per heavy atom. The fraction of sp³-hybridized carbons (Fsp3) is 0.143. The third-order valence-corrected chi connectivity index (χ3v) is 1.59. The Bertz CT molecular complexity index is 298. The van der Waals surface area contributed by atoms with Crippen LogP contribution in [0.1, 0.15) is 0 Å². The maximum absolute atomic E-state index is 12.5. The normalized spacial score (nSPS) is 15.1. The molecule has 0 saturated carbocycles. The van der Waals surface area contributed by atoms with E-state index in [0.717, 1.165) is 0 Å². The number of hydrogen-bond acceptors (Lipinski definition) is 4. The first kappa shape index (κ1) is 7.02. The molecule has 0 bridgehead atoms. The van der Waals surface area contributed by atoms with Gasteiger partial charge in [0.15, 0.2) is 11.5 Å². The van der Waals surface area contributed by atoms with Crippen molar-refractivity contribution in [3.05, 3.63) is 12.1 Å². The lowest BCUT2D eigenvalue weighted by molar-refractivity contribution is -0.0651. The first-order chi connectivity index (χ1) is 5.66. The summed E-state index contributed by atoms with van der Waals surface area (Å²) < 4.78 is 21.7. The summed E-state index contributed by atoms with van der Waals surface area (Å²) >= 11 is 0. The SMILES string of the molecule is Nc1cc2c(cc1N)OC(F)O2. The number of rotatable bonds is 0. The molecule has 0 amide bonds. The average molecular weight is 170 g/mol. The Morgan fingerprint density at radius 3 is 1.92 bits per heavy atom. The zero-order chi connectivity index (χ0) is 8.72. The predicted octanol–water partition coefficient (Wildman–Crippen LogP) is 0.875. The van der Waals surface area contributed by atoms with Gasteiger partial charge in [-0.2, -0.15) is 4.39 Å². The molecule has 0 aliphatic carbocycles. The van der Waals surface area contributed by atoms with Crippen LogP contribution >= 0.6 is 0 Å². The summed E-state index contributed by atoms with van der Waals surface area (Å²) in [7, 11) is 0. The monoisotopic (exact) mass is 170 g/mol. The van der Waals surface area contributed by atoms with Crippen molar-refractivity contribution in [2.75, 3.05) is 11.5 Å². The van der Waals surface area contributed by atoms with Gasteiger partial charge in [-0.25, -0.2) is 0 Å². The molecule has 64 valence electrons. The third kappa shape index (κ3) is 0.903. The van der Waals surface area contributed by atoms with E-state index in [-0.39, 0.29) is 11.5 Å². The molecule has 1 aromatic carbocycles. The van der Waals surface area contributed by atoms with E-state index >= 15 is 0 Å². The summed E-state index contributed by atoms with van der Waals surface area (Å²) in [5, 5.41) is 0. The van der Waals surface area contributed by atoms with Crippen LogP contribution in [-0.2, 0) is 0 Å². The standard InChI is InChI=1S/C7H7FN2O2/c8-7-11-5-1-3(9)4(10)2-6(5)12-7/h1-2,7H,9-10H2. The van der Waals surface area contributed by atoms with Crippen molar-refractivity contribution in [2.24, 2.45) is 0 Å². The van der Waals surface area contributed by atoms with E-state index in [1.54, 1.807) is 0 Å². The third-order valence-electron chi connectivity index (χ3n) is 1.59. The van der Waals surface area contributed by atoms with Crippen molar-refractivity contribution in [1.29, 1.82) is 0 Å². The van der Waals surface area contributed by atoms with Crippen LogP contribution < -0.4 is 20.9 Å². The van der Waals surface area contributed by atoms with Crippen molar-refractivity contribution in [2.45, 2.75) is 6.54 Å². The van der Waals surface area contributed by atoms with Crippen LogP contribution in [0.15, 0.2) is 12.1 Å². The molecule has 12 heavy (non-hydrogen) atoms. The van der Waals surface area contributed by atoms with E-state index in [9.17, 15) is 4.39 Å². The molecule has 0 fully saturated rings. The van der Waals surface area contributed by atoms with E-state index in [2.05, 4.69) is 9.47 Å². The van der Waals surface area contributed by atoms with Crippen molar-refractivity contribution in [3.8, 4) is 11.5 Å². The van der Waals surface area contributed by atoms with Gasteiger partial charge >= 0.3 is 6.54 Å². The fourth-order valence-electron chi connectivity index (χ4n) is 0.999. The topological polar surface area (TPSA) is 70.5 Å². The number of nitrogens with two attached hydrogens (primary N) is 2. The van der Waals surface area contributed by atoms with Gasteiger partial charge in [-0.1, -0.05) is 0 Å². The smallest absolute Gasteiger partial charge is 0.397 e. The maximum atomic E-state index is 12.5. The van der Waals surface area contributed by atoms with Gasteiger partial charge in [0.2, 0.25) is 0 Å². The summed E-state index contributed by atoms with van der Waals surface area (Å²) in [5.41, 5.74) is 11.6. The number of nitrogen functional groups attached to an aromatic ring is 2. The van der Waals surface area contributed by atoms with E-state index in [1.165, 1.54) is 12.1 Å². The minimum absolute atomic E-state index is 0.286. The molecule has 1 aliphatic heterocycles. The molecule has 0 unspecified atom stereocenters. The van der Waals surface area contributed by atoms with Gasteiger partial charge in [0, 0.05) is 12.1 Å². The average Bonchev–Trinajstić information content (AvgIpc) is 2.30. The highest BCUT2D eigenvalue weighted by atomic mass is 19.2. The van der Waals surface area contributed by atoms with Crippen LogP contribution in [0.4, 0.5) is 15.8 Å². The highest BCUT2D eigenvalue weighted by Gasteiger charge is 2.24. The van der Waals surface area contributed by atoms with Crippen LogP contribution in [0.3, 0.4) is 0 Å². The number of anilines is 2. The molecule has 0 spiro atoms. The molecule has 0 aromatic heterocycles. The Morgan fingerprint density at radius 2 is 1.50 bits per heavy atom. The van der Waals surface area contributed by atoms with Gasteiger partial charge in [0.25, 0.3) is 0 Å². The molecular formula is C7H7FN2O2. The van der Waals surface area contributed by atoms with E-state index in [4.69, 9.17) is 11.5 Å². The number of benzene rings is 1. The van der Waals surface area contributed by atoms with Gasteiger partial charge in [0.05, 0.1) is 11.4 Å². The lowest BCUT2D eigenvalue weighted by Crippen LogP contribution is -2.09. The highest BCUT2D eigenvalue weighted by Crippen LogP contribution is 2.39. The first-order valence-corrected chi connectivity index (χ1v) is 3.33. The summed E-state index contributed by atoms with van der Waals surface area (Å²) in [6.07, 6.45) is 0. The summed E-state index contributed by atoms with van der Waals surface area (Å²) in [6, 6.07) is 2.87. The Hall–Kier alpha value is -1.65. The van der Waals surface area contributed by atoms with E-state index < -0.39 is 6.54 Å². The Balaban J connectivity index is 2.48. The molecule has 4 nitrogen and oxygen atoms in total. The molecule has 4 N–H and O–H groups in total. The highest BCUT2D eigenvalue weighted by molar-refractivity contribution is 5.70.